The molecule has 1 aromatic carbocycles. The standard InChI is InChI=1S/C15H13Cl2N3O5S/c1-25-13(21)8-18-15(22)9-2-4-10(5-3-9)20-26(23,24)11-6-7-12(16)19-14(11)17/h2-7,20H,8H2,1H3,(H,18,22). The lowest BCUT2D eigenvalue weighted by molar-refractivity contribution is -0.139. The van der Waals surface area contributed by atoms with Gasteiger partial charge in [-0.15, -0.1) is 0 Å². The molecule has 26 heavy (non-hydrogen) atoms. The Balaban J connectivity index is 2.11. The fourth-order valence-electron chi connectivity index (χ4n) is 1.83. The van der Waals surface area contributed by atoms with E-state index in [-0.39, 0.29) is 33.0 Å². The van der Waals surface area contributed by atoms with Crippen molar-refractivity contribution >= 4 is 50.8 Å². The molecule has 0 atom stereocenters. The first-order valence-electron chi connectivity index (χ1n) is 7.03. The average molecular weight is 418 g/mol. The summed E-state index contributed by atoms with van der Waals surface area (Å²) in [5.74, 6) is -1.09. The SMILES string of the molecule is COC(=O)CNC(=O)c1ccc(NS(=O)(=O)c2ccc(Cl)nc2Cl)cc1. The summed E-state index contributed by atoms with van der Waals surface area (Å²) in [5, 5.41) is 2.17. The van der Waals surface area contributed by atoms with Crippen molar-refractivity contribution < 1.29 is 22.7 Å². The molecule has 2 rings (SSSR count). The van der Waals surface area contributed by atoms with Gasteiger partial charge in [0.25, 0.3) is 15.9 Å². The number of ether oxygens (including phenoxy) is 1. The highest BCUT2D eigenvalue weighted by Crippen LogP contribution is 2.24. The van der Waals surface area contributed by atoms with Crippen LogP contribution in [0.5, 0.6) is 0 Å². The lowest BCUT2D eigenvalue weighted by atomic mass is 10.2. The van der Waals surface area contributed by atoms with Crippen LogP contribution in [0, 0.1) is 0 Å². The Morgan fingerprint density at radius 2 is 1.77 bits per heavy atom. The number of anilines is 1. The first kappa shape index (κ1) is 20.0. The van der Waals surface area contributed by atoms with Gasteiger partial charge in [0.1, 0.15) is 16.6 Å². The van der Waals surface area contributed by atoms with E-state index >= 15 is 0 Å². The summed E-state index contributed by atoms with van der Waals surface area (Å²) >= 11 is 11.5. The maximum Gasteiger partial charge on any atom is 0.325 e. The van der Waals surface area contributed by atoms with E-state index in [1.54, 1.807) is 0 Å². The van der Waals surface area contributed by atoms with Crippen molar-refractivity contribution in [3.63, 3.8) is 0 Å². The van der Waals surface area contributed by atoms with Gasteiger partial charge in [0.2, 0.25) is 0 Å². The van der Waals surface area contributed by atoms with Crippen LogP contribution < -0.4 is 10.0 Å². The molecule has 1 heterocycles. The summed E-state index contributed by atoms with van der Waals surface area (Å²) < 4.78 is 31.4. The van der Waals surface area contributed by atoms with Gasteiger partial charge in [-0.05, 0) is 36.4 Å². The third-order valence-electron chi connectivity index (χ3n) is 3.09. The molecule has 0 saturated carbocycles. The van der Waals surface area contributed by atoms with Gasteiger partial charge in [0.15, 0.2) is 5.15 Å². The van der Waals surface area contributed by atoms with E-state index in [2.05, 4.69) is 19.8 Å². The predicted molar refractivity (Wildman–Crippen MR) is 95.9 cm³/mol. The number of aromatic nitrogens is 1. The lowest BCUT2D eigenvalue weighted by Gasteiger charge is -2.10. The summed E-state index contributed by atoms with van der Waals surface area (Å²) in [5.41, 5.74) is 0.448. The maximum atomic E-state index is 12.4. The van der Waals surface area contributed by atoms with Crippen molar-refractivity contribution in [2.75, 3.05) is 18.4 Å². The zero-order chi connectivity index (χ0) is 19.3. The largest absolute Gasteiger partial charge is 0.468 e. The third-order valence-corrected chi connectivity index (χ3v) is 5.11. The molecule has 0 radical (unpaired) electrons. The normalized spacial score (nSPS) is 10.9. The Hall–Kier alpha value is -2.36. The van der Waals surface area contributed by atoms with E-state index in [9.17, 15) is 18.0 Å². The van der Waals surface area contributed by atoms with Crippen LogP contribution in [0.4, 0.5) is 5.69 Å². The second-order valence-corrected chi connectivity index (χ2v) is 7.26. The summed E-state index contributed by atoms with van der Waals surface area (Å²) in [7, 11) is -2.78. The molecule has 0 fully saturated rings. The number of pyridine rings is 1. The second kappa shape index (κ2) is 8.35. The van der Waals surface area contributed by atoms with Gasteiger partial charge in [-0.1, -0.05) is 23.2 Å². The quantitative estimate of drug-likeness (QED) is 0.549. The molecule has 0 aliphatic rings. The van der Waals surface area contributed by atoms with E-state index in [4.69, 9.17) is 23.2 Å². The van der Waals surface area contributed by atoms with Crippen molar-refractivity contribution in [3.05, 3.63) is 52.3 Å². The molecule has 8 nitrogen and oxygen atoms in total. The molecular formula is C15H13Cl2N3O5S. The van der Waals surface area contributed by atoms with Crippen molar-refractivity contribution in [3.8, 4) is 0 Å². The Bertz CT molecular complexity index is 933. The summed E-state index contributed by atoms with van der Waals surface area (Å²) in [6, 6.07) is 8.10. The van der Waals surface area contributed by atoms with Crippen LogP contribution in [0.2, 0.25) is 10.3 Å². The molecule has 1 amide bonds. The predicted octanol–water partition coefficient (Wildman–Crippen LogP) is 2.09. The molecule has 0 aliphatic carbocycles. The molecule has 0 aliphatic heterocycles. The van der Waals surface area contributed by atoms with Gasteiger partial charge in [0.05, 0.1) is 7.11 Å². The summed E-state index contributed by atoms with van der Waals surface area (Å²) in [4.78, 5) is 26.3. The number of benzene rings is 1. The molecule has 0 unspecified atom stereocenters. The van der Waals surface area contributed by atoms with Crippen LogP contribution in [-0.2, 0) is 19.6 Å². The smallest absolute Gasteiger partial charge is 0.325 e. The van der Waals surface area contributed by atoms with Gasteiger partial charge in [0, 0.05) is 11.3 Å². The molecule has 0 spiro atoms. The maximum absolute atomic E-state index is 12.4. The number of hydrogen-bond donors (Lipinski definition) is 2. The number of hydrogen-bond acceptors (Lipinski definition) is 6. The van der Waals surface area contributed by atoms with Crippen molar-refractivity contribution in [1.82, 2.24) is 10.3 Å². The Kier molecular flexibility index (Phi) is 6.41. The van der Waals surface area contributed by atoms with E-state index < -0.39 is 21.9 Å². The number of halogens is 2. The highest BCUT2D eigenvalue weighted by atomic mass is 35.5. The Morgan fingerprint density at radius 1 is 1.12 bits per heavy atom. The molecular weight excluding hydrogens is 405 g/mol. The lowest BCUT2D eigenvalue weighted by Crippen LogP contribution is -2.30. The van der Waals surface area contributed by atoms with Crippen LogP contribution in [-0.4, -0.2) is 38.9 Å². The second-order valence-electron chi connectivity index (χ2n) is 4.86. The zero-order valence-electron chi connectivity index (χ0n) is 13.3. The number of esters is 1. The Morgan fingerprint density at radius 3 is 2.35 bits per heavy atom. The summed E-state index contributed by atoms with van der Waals surface area (Å²) in [6.45, 7) is -0.272. The number of carbonyl (C=O) groups is 2. The number of amides is 1. The van der Waals surface area contributed by atoms with Crippen molar-refractivity contribution in [2.45, 2.75) is 4.90 Å². The highest BCUT2D eigenvalue weighted by molar-refractivity contribution is 7.92. The fourth-order valence-corrected chi connectivity index (χ4v) is 3.55. The first-order valence-corrected chi connectivity index (χ1v) is 9.27. The van der Waals surface area contributed by atoms with Crippen LogP contribution in [0.3, 0.4) is 0 Å². The van der Waals surface area contributed by atoms with Crippen LogP contribution >= 0.6 is 23.2 Å². The van der Waals surface area contributed by atoms with E-state index in [1.165, 1.54) is 43.5 Å². The number of rotatable bonds is 6. The molecule has 138 valence electrons. The minimum absolute atomic E-state index is 0.0660. The molecule has 11 heteroatoms. The van der Waals surface area contributed by atoms with E-state index in [1.807, 2.05) is 0 Å². The fraction of sp³-hybridized carbons (Fsp3) is 0.133. The highest BCUT2D eigenvalue weighted by Gasteiger charge is 2.19. The van der Waals surface area contributed by atoms with Crippen molar-refractivity contribution in [1.29, 1.82) is 0 Å². The van der Waals surface area contributed by atoms with Crippen LogP contribution in [0.15, 0.2) is 41.3 Å². The number of nitrogens with one attached hydrogen (secondary N) is 2. The topological polar surface area (TPSA) is 114 Å². The number of nitrogens with zero attached hydrogens (tertiary/aromatic N) is 1. The molecule has 0 saturated heterocycles. The molecule has 1 aromatic heterocycles. The number of sulfonamides is 1. The number of carbonyl (C=O) groups excluding carboxylic acids is 2. The van der Waals surface area contributed by atoms with Gasteiger partial charge in [-0.2, -0.15) is 0 Å². The minimum Gasteiger partial charge on any atom is -0.468 e. The van der Waals surface area contributed by atoms with Gasteiger partial charge in [-0.3, -0.25) is 14.3 Å². The van der Waals surface area contributed by atoms with E-state index in [0.29, 0.717) is 0 Å². The van der Waals surface area contributed by atoms with Crippen molar-refractivity contribution in [2.24, 2.45) is 0 Å². The monoisotopic (exact) mass is 417 g/mol. The van der Waals surface area contributed by atoms with Gasteiger partial charge in [-0.25, -0.2) is 13.4 Å². The number of methoxy groups -OCH3 is 1. The van der Waals surface area contributed by atoms with Crippen LogP contribution in [0.25, 0.3) is 0 Å². The van der Waals surface area contributed by atoms with E-state index in [0.717, 1.165) is 0 Å². The molecule has 0 bridgehead atoms. The minimum atomic E-state index is -3.98. The zero-order valence-corrected chi connectivity index (χ0v) is 15.7. The Labute approximate surface area is 159 Å². The average Bonchev–Trinajstić information content (AvgIpc) is 2.59. The van der Waals surface area contributed by atoms with Crippen LogP contribution in [0.1, 0.15) is 10.4 Å². The molecule has 2 N–H and O–H groups in total. The van der Waals surface area contributed by atoms with Gasteiger partial charge >= 0.3 is 5.97 Å². The third kappa shape index (κ3) is 5.07. The molecule has 2 aromatic rings. The summed E-state index contributed by atoms with van der Waals surface area (Å²) in [6.07, 6.45) is 0. The first-order chi connectivity index (χ1) is 12.2. The van der Waals surface area contributed by atoms with Gasteiger partial charge < -0.3 is 10.1 Å².